The molecule has 4 atom stereocenters. The van der Waals surface area contributed by atoms with Gasteiger partial charge in [0.15, 0.2) is 16.6 Å². The van der Waals surface area contributed by atoms with Crippen molar-refractivity contribution in [3.8, 4) is 0 Å². The van der Waals surface area contributed by atoms with Crippen LogP contribution in [0.2, 0.25) is 36.3 Å². The lowest BCUT2D eigenvalue weighted by atomic mass is 9.78. The standard InChI is InChI=1S/C22H40O7Si2/c1-21(2,3)30(8,9)28-17-13-12-27-20(25)14(13)15(19(24)26-7)16(23)18(17)29-31(10,11)22(4,5)6/h15-18,23H,12H2,1-11H3/t15-,16-,17+,18-/m1/s1. The number of cyclic esters (lactones) is 1. The van der Waals surface area contributed by atoms with Crippen LogP contribution in [0.5, 0.6) is 0 Å². The Morgan fingerprint density at radius 3 is 1.94 bits per heavy atom. The summed E-state index contributed by atoms with van der Waals surface area (Å²) >= 11 is 0. The van der Waals surface area contributed by atoms with E-state index in [0.717, 1.165) is 0 Å². The lowest BCUT2D eigenvalue weighted by Gasteiger charge is -2.49. The molecule has 2 aliphatic rings. The second-order valence-electron chi connectivity index (χ2n) is 11.6. The highest BCUT2D eigenvalue weighted by Gasteiger charge is 2.57. The largest absolute Gasteiger partial charge is 0.468 e. The van der Waals surface area contributed by atoms with Gasteiger partial charge in [0.05, 0.1) is 24.9 Å². The van der Waals surface area contributed by atoms with E-state index in [0.29, 0.717) is 5.57 Å². The SMILES string of the molecule is COC(=O)[C@@H]1C2=C(COC2=O)[C@H](O[Si](C)(C)C(C)(C)C)[C@H](O[Si](C)(C)C(C)(C)C)[C@@H]1O. The third-order valence-corrected chi connectivity index (χ3v) is 16.4. The minimum Gasteiger partial charge on any atom is -0.468 e. The highest BCUT2D eigenvalue weighted by Crippen LogP contribution is 2.46. The van der Waals surface area contributed by atoms with E-state index in [1.807, 2.05) is 0 Å². The van der Waals surface area contributed by atoms with E-state index in [1.165, 1.54) is 7.11 Å². The van der Waals surface area contributed by atoms with Crippen molar-refractivity contribution in [3.63, 3.8) is 0 Å². The van der Waals surface area contributed by atoms with Gasteiger partial charge >= 0.3 is 11.9 Å². The van der Waals surface area contributed by atoms with Gasteiger partial charge in [-0.15, -0.1) is 0 Å². The average molecular weight is 473 g/mol. The number of carbonyl (C=O) groups excluding carboxylic acids is 2. The molecule has 0 radical (unpaired) electrons. The van der Waals surface area contributed by atoms with Crippen molar-refractivity contribution in [3.05, 3.63) is 11.1 Å². The number of rotatable bonds is 5. The third kappa shape index (κ3) is 4.85. The van der Waals surface area contributed by atoms with E-state index in [-0.39, 0.29) is 22.3 Å². The number of hydrogen-bond donors (Lipinski definition) is 1. The molecule has 31 heavy (non-hydrogen) atoms. The van der Waals surface area contributed by atoms with Crippen molar-refractivity contribution in [1.29, 1.82) is 0 Å². The molecular weight excluding hydrogens is 432 g/mol. The first-order valence-corrected chi connectivity index (χ1v) is 16.7. The summed E-state index contributed by atoms with van der Waals surface area (Å²) in [7, 11) is -3.43. The third-order valence-electron chi connectivity index (χ3n) is 7.48. The molecule has 1 heterocycles. The molecular formula is C22H40O7Si2. The van der Waals surface area contributed by atoms with Gasteiger partial charge < -0.3 is 23.4 Å². The van der Waals surface area contributed by atoms with Crippen LogP contribution in [0.15, 0.2) is 11.1 Å². The van der Waals surface area contributed by atoms with Gasteiger partial charge in [0, 0.05) is 5.57 Å². The first-order valence-electron chi connectivity index (χ1n) is 10.9. The van der Waals surface area contributed by atoms with E-state index < -0.39 is 52.8 Å². The molecule has 9 heteroatoms. The molecule has 1 aliphatic carbocycles. The van der Waals surface area contributed by atoms with Gasteiger partial charge in [-0.25, -0.2) is 4.79 Å². The van der Waals surface area contributed by atoms with Crippen molar-refractivity contribution in [2.45, 2.75) is 96.1 Å². The molecule has 0 aromatic carbocycles. The monoisotopic (exact) mass is 472 g/mol. The fourth-order valence-corrected chi connectivity index (χ4v) is 5.96. The Labute approximate surface area is 188 Å². The van der Waals surface area contributed by atoms with Crippen LogP contribution in [0.3, 0.4) is 0 Å². The molecule has 0 fully saturated rings. The van der Waals surface area contributed by atoms with E-state index >= 15 is 0 Å². The van der Waals surface area contributed by atoms with E-state index in [2.05, 4.69) is 67.7 Å². The summed E-state index contributed by atoms with van der Waals surface area (Å²) < 4.78 is 23.7. The first kappa shape index (κ1) is 26.2. The fourth-order valence-electron chi connectivity index (χ4n) is 3.39. The maximum absolute atomic E-state index is 12.6. The van der Waals surface area contributed by atoms with E-state index in [4.69, 9.17) is 18.3 Å². The lowest BCUT2D eigenvalue weighted by Crippen LogP contribution is -2.60. The number of hydrogen-bond acceptors (Lipinski definition) is 7. The molecule has 0 saturated heterocycles. The van der Waals surface area contributed by atoms with Gasteiger partial charge in [-0.05, 0) is 36.3 Å². The summed E-state index contributed by atoms with van der Waals surface area (Å²) in [5, 5.41) is 11.2. The summed E-state index contributed by atoms with van der Waals surface area (Å²) in [4.78, 5) is 25.2. The number of esters is 2. The van der Waals surface area contributed by atoms with Crippen LogP contribution in [0, 0.1) is 5.92 Å². The van der Waals surface area contributed by atoms with Crippen LogP contribution in [0.4, 0.5) is 0 Å². The second kappa shape index (κ2) is 8.40. The Morgan fingerprint density at radius 2 is 1.48 bits per heavy atom. The zero-order valence-corrected chi connectivity index (χ0v) is 22.9. The first-order chi connectivity index (χ1) is 13.9. The van der Waals surface area contributed by atoms with Gasteiger partial charge in [0.1, 0.15) is 18.6 Å². The predicted molar refractivity (Wildman–Crippen MR) is 124 cm³/mol. The zero-order chi connectivity index (χ0) is 24.2. The van der Waals surface area contributed by atoms with Crippen LogP contribution in [0.25, 0.3) is 0 Å². The molecule has 178 valence electrons. The van der Waals surface area contributed by atoms with Gasteiger partial charge in [-0.2, -0.15) is 0 Å². The zero-order valence-electron chi connectivity index (χ0n) is 20.9. The number of methoxy groups -OCH3 is 1. The number of aliphatic hydroxyl groups excluding tert-OH is 1. The highest BCUT2D eigenvalue weighted by molar-refractivity contribution is 6.74. The molecule has 1 N–H and O–H groups in total. The summed E-state index contributed by atoms with van der Waals surface area (Å²) in [5.74, 6) is -2.42. The van der Waals surface area contributed by atoms with Crippen LogP contribution < -0.4 is 0 Å². The van der Waals surface area contributed by atoms with Gasteiger partial charge in [0.2, 0.25) is 0 Å². The van der Waals surface area contributed by atoms with Crippen LogP contribution in [-0.4, -0.2) is 65.7 Å². The van der Waals surface area contributed by atoms with Crippen LogP contribution >= 0.6 is 0 Å². The van der Waals surface area contributed by atoms with Crippen molar-refractivity contribution in [2.24, 2.45) is 5.92 Å². The molecule has 0 saturated carbocycles. The predicted octanol–water partition coefficient (Wildman–Crippen LogP) is 3.78. The van der Waals surface area contributed by atoms with Crippen LogP contribution in [-0.2, 0) is 27.9 Å². The van der Waals surface area contributed by atoms with E-state index in [1.54, 1.807) is 0 Å². The Bertz CT molecular complexity index is 759. The Morgan fingerprint density at radius 1 is 1.00 bits per heavy atom. The fraction of sp³-hybridized carbons (Fsp3) is 0.818. The van der Waals surface area contributed by atoms with Crippen molar-refractivity contribution >= 4 is 28.6 Å². The van der Waals surface area contributed by atoms with Gasteiger partial charge in [-0.3, -0.25) is 4.79 Å². The lowest BCUT2D eigenvalue weighted by molar-refractivity contribution is -0.155. The smallest absolute Gasteiger partial charge is 0.335 e. The molecule has 0 amide bonds. The maximum Gasteiger partial charge on any atom is 0.335 e. The molecule has 0 unspecified atom stereocenters. The number of aliphatic hydroxyl groups is 1. The number of ether oxygens (including phenoxy) is 2. The molecule has 0 aromatic rings. The molecule has 7 nitrogen and oxygen atoms in total. The molecule has 0 aromatic heterocycles. The topological polar surface area (TPSA) is 91.3 Å². The minimum atomic E-state index is -2.36. The molecule has 0 spiro atoms. The Hall–Kier alpha value is -1.01. The second-order valence-corrected chi connectivity index (χ2v) is 21.2. The van der Waals surface area contributed by atoms with Gasteiger partial charge in [-0.1, -0.05) is 41.5 Å². The molecule has 1 aliphatic heterocycles. The average Bonchev–Trinajstić information content (AvgIpc) is 2.97. The van der Waals surface area contributed by atoms with E-state index in [9.17, 15) is 14.7 Å². The van der Waals surface area contributed by atoms with Crippen molar-refractivity contribution in [2.75, 3.05) is 13.7 Å². The van der Waals surface area contributed by atoms with Gasteiger partial charge in [0.25, 0.3) is 0 Å². The number of carbonyl (C=O) groups is 2. The Kier molecular flexibility index (Phi) is 7.12. The maximum atomic E-state index is 12.6. The Balaban J connectivity index is 2.65. The van der Waals surface area contributed by atoms with Crippen molar-refractivity contribution < 1.29 is 33.0 Å². The van der Waals surface area contributed by atoms with Crippen LogP contribution in [0.1, 0.15) is 41.5 Å². The quantitative estimate of drug-likeness (QED) is 0.481. The molecule has 2 rings (SSSR count). The summed E-state index contributed by atoms with van der Waals surface area (Å²) in [6, 6.07) is 0. The minimum absolute atomic E-state index is 0.0328. The highest BCUT2D eigenvalue weighted by atomic mass is 28.4. The summed E-state index contributed by atoms with van der Waals surface area (Å²) in [6.07, 6.45) is -2.74. The summed E-state index contributed by atoms with van der Waals surface area (Å²) in [6.45, 7) is 21.2. The normalized spacial score (nSPS) is 27.8. The van der Waals surface area contributed by atoms with Crippen molar-refractivity contribution in [1.82, 2.24) is 0 Å². The molecule has 0 bridgehead atoms. The summed E-state index contributed by atoms with van der Waals surface area (Å²) in [5.41, 5.74) is 0.761.